The van der Waals surface area contributed by atoms with Gasteiger partial charge in [-0.3, -0.25) is 0 Å². The van der Waals surface area contributed by atoms with Gasteiger partial charge in [0.25, 0.3) is 0 Å². The minimum absolute atomic E-state index is 0.644. The summed E-state index contributed by atoms with van der Waals surface area (Å²) in [5, 5.41) is 3.98. The zero-order valence-corrected chi connectivity index (χ0v) is 10.1. The smallest absolute Gasteiger partial charge is 0.0187 e. The van der Waals surface area contributed by atoms with E-state index < -0.39 is 0 Å². The van der Waals surface area contributed by atoms with Crippen molar-refractivity contribution in [2.24, 2.45) is 0 Å². The lowest BCUT2D eigenvalue weighted by Crippen LogP contribution is -2.22. The molecule has 1 aromatic rings. The van der Waals surface area contributed by atoms with Crippen molar-refractivity contribution in [2.45, 2.75) is 17.9 Å². The minimum Gasteiger partial charge on any atom is -0.312 e. The summed E-state index contributed by atoms with van der Waals surface area (Å²) in [6.07, 6.45) is 1.90. The summed E-state index contributed by atoms with van der Waals surface area (Å²) in [5.74, 6) is 1.10. The van der Waals surface area contributed by atoms with Crippen molar-refractivity contribution in [3.05, 3.63) is 48.6 Å². The van der Waals surface area contributed by atoms with E-state index in [0.717, 1.165) is 18.8 Å². The maximum absolute atomic E-state index is 3.68. The average Bonchev–Trinajstić information content (AvgIpc) is 2.28. The van der Waals surface area contributed by atoms with E-state index in [1.807, 2.05) is 17.8 Å². The van der Waals surface area contributed by atoms with Crippen LogP contribution in [0.3, 0.4) is 0 Å². The fourth-order valence-corrected chi connectivity index (χ4v) is 2.17. The van der Waals surface area contributed by atoms with Gasteiger partial charge in [-0.2, -0.15) is 11.8 Å². The van der Waals surface area contributed by atoms with Crippen LogP contribution in [-0.2, 0) is 5.75 Å². The molecule has 0 aromatic heterocycles. The highest BCUT2D eigenvalue weighted by Gasteiger charge is 2.01. The molecule has 82 valence electrons. The summed E-state index contributed by atoms with van der Waals surface area (Å²) in [6, 6.07) is 10.6. The third kappa shape index (κ3) is 5.65. The van der Waals surface area contributed by atoms with Crippen molar-refractivity contribution in [1.82, 2.24) is 5.32 Å². The summed E-state index contributed by atoms with van der Waals surface area (Å²) in [7, 11) is 0. The Bertz CT molecular complexity index is 271. The third-order valence-corrected chi connectivity index (χ3v) is 3.33. The Morgan fingerprint density at radius 3 is 2.80 bits per heavy atom. The maximum Gasteiger partial charge on any atom is 0.0187 e. The molecule has 0 aliphatic carbocycles. The normalized spacial score (nSPS) is 12.3. The Balaban J connectivity index is 2.16. The molecule has 1 nitrogen and oxygen atoms in total. The van der Waals surface area contributed by atoms with Gasteiger partial charge in [0.2, 0.25) is 0 Å². The van der Waals surface area contributed by atoms with Crippen LogP contribution in [-0.4, -0.2) is 18.3 Å². The number of rotatable bonds is 7. The van der Waals surface area contributed by atoms with Crippen molar-refractivity contribution >= 4 is 11.8 Å². The first kappa shape index (κ1) is 12.3. The van der Waals surface area contributed by atoms with E-state index in [4.69, 9.17) is 0 Å². The maximum atomic E-state index is 3.68. The van der Waals surface area contributed by atoms with E-state index >= 15 is 0 Å². The Hall–Kier alpha value is -0.730. The van der Waals surface area contributed by atoms with Gasteiger partial charge in [-0.1, -0.05) is 43.3 Å². The fourth-order valence-electron chi connectivity index (χ4n) is 1.26. The summed E-state index contributed by atoms with van der Waals surface area (Å²) < 4.78 is 0. The summed E-state index contributed by atoms with van der Waals surface area (Å²) in [6.45, 7) is 7.88. The highest BCUT2D eigenvalue weighted by molar-refractivity contribution is 7.99. The highest BCUT2D eigenvalue weighted by atomic mass is 32.2. The number of thioether (sulfide) groups is 1. The molecule has 0 amide bonds. The van der Waals surface area contributed by atoms with E-state index in [0.29, 0.717) is 5.25 Å². The Labute approximate surface area is 97.0 Å². The predicted octanol–water partition coefficient (Wildman–Crippen LogP) is 3.08. The lowest BCUT2D eigenvalue weighted by Gasteiger charge is -2.11. The van der Waals surface area contributed by atoms with Crippen LogP contribution in [0.5, 0.6) is 0 Å². The van der Waals surface area contributed by atoms with Crippen LogP contribution in [0.15, 0.2) is 43.0 Å². The SMILES string of the molecule is C=CCNCC(C)SCc1ccccc1. The number of hydrogen-bond donors (Lipinski definition) is 1. The molecule has 1 rings (SSSR count). The molecule has 0 spiro atoms. The monoisotopic (exact) mass is 221 g/mol. The van der Waals surface area contributed by atoms with Crippen LogP contribution in [0.4, 0.5) is 0 Å². The molecule has 0 saturated heterocycles. The van der Waals surface area contributed by atoms with Gasteiger partial charge in [0, 0.05) is 24.1 Å². The zero-order chi connectivity index (χ0) is 10.9. The average molecular weight is 221 g/mol. The number of nitrogens with one attached hydrogen (secondary N) is 1. The van der Waals surface area contributed by atoms with Gasteiger partial charge in [0.15, 0.2) is 0 Å². The Morgan fingerprint density at radius 2 is 2.13 bits per heavy atom. The summed E-state index contributed by atoms with van der Waals surface area (Å²) in [4.78, 5) is 0. The molecule has 0 bridgehead atoms. The first-order valence-electron chi connectivity index (χ1n) is 5.30. The quantitative estimate of drug-likeness (QED) is 0.561. The molecule has 1 unspecified atom stereocenters. The van der Waals surface area contributed by atoms with E-state index in [2.05, 4.69) is 49.2 Å². The summed E-state index contributed by atoms with van der Waals surface area (Å²) >= 11 is 1.98. The molecule has 0 aliphatic heterocycles. The molecule has 1 atom stereocenters. The van der Waals surface area contributed by atoms with Crippen molar-refractivity contribution in [3.63, 3.8) is 0 Å². The molecule has 15 heavy (non-hydrogen) atoms. The van der Waals surface area contributed by atoms with Gasteiger partial charge >= 0.3 is 0 Å². The summed E-state index contributed by atoms with van der Waals surface area (Å²) in [5.41, 5.74) is 1.40. The molecule has 0 aliphatic rings. The molecule has 0 saturated carbocycles. The minimum atomic E-state index is 0.644. The van der Waals surface area contributed by atoms with Crippen molar-refractivity contribution in [3.8, 4) is 0 Å². The van der Waals surface area contributed by atoms with Crippen LogP contribution in [0.25, 0.3) is 0 Å². The molecule has 2 heteroatoms. The zero-order valence-electron chi connectivity index (χ0n) is 9.28. The molecule has 0 radical (unpaired) electrons. The number of benzene rings is 1. The van der Waals surface area contributed by atoms with E-state index in [-0.39, 0.29) is 0 Å². The highest BCUT2D eigenvalue weighted by Crippen LogP contribution is 2.16. The lowest BCUT2D eigenvalue weighted by atomic mass is 10.2. The second kappa shape index (κ2) is 7.55. The first-order valence-corrected chi connectivity index (χ1v) is 6.35. The van der Waals surface area contributed by atoms with E-state index in [1.54, 1.807) is 0 Å². The van der Waals surface area contributed by atoms with Crippen LogP contribution < -0.4 is 5.32 Å². The van der Waals surface area contributed by atoms with Gasteiger partial charge in [-0.15, -0.1) is 6.58 Å². The van der Waals surface area contributed by atoms with Crippen LogP contribution in [0, 0.1) is 0 Å². The first-order chi connectivity index (χ1) is 7.33. The standard InChI is InChI=1S/C13H19NS/c1-3-9-14-10-12(2)15-11-13-7-5-4-6-8-13/h3-8,12,14H,1,9-11H2,2H3. The lowest BCUT2D eigenvalue weighted by molar-refractivity contribution is 0.740. The molecular weight excluding hydrogens is 202 g/mol. The molecule has 0 heterocycles. The van der Waals surface area contributed by atoms with Crippen LogP contribution in [0.1, 0.15) is 12.5 Å². The molecule has 1 aromatic carbocycles. The van der Waals surface area contributed by atoms with Crippen LogP contribution >= 0.6 is 11.8 Å². The van der Waals surface area contributed by atoms with Gasteiger partial charge < -0.3 is 5.32 Å². The van der Waals surface area contributed by atoms with Gasteiger partial charge in [0.05, 0.1) is 0 Å². The van der Waals surface area contributed by atoms with Crippen molar-refractivity contribution in [2.75, 3.05) is 13.1 Å². The fraction of sp³-hybridized carbons (Fsp3) is 0.385. The Morgan fingerprint density at radius 1 is 1.40 bits per heavy atom. The molecular formula is C13H19NS. The predicted molar refractivity (Wildman–Crippen MR) is 70.3 cm³/mol. The molecule has 0 fully saturated rings. The van der Waals surface area contributed by atoms with Gasteiger partial charge in [0.1, 0.15) is 0 Å². The van der Waals surface area contributed by atoms with Crippen molar-refractivity contribution < 1.29 is 0 Å². The van der Waals surface area contributed by atoms with E-state index in [1.165, 1.54) is 5.56 Å². The van der Waals surface area contributed by atoms with Crippen LogP contribution in [0.2, 0.25) is 0 Å². The largest absolute Gasteiger partial charge is 0.312 e. The number of hydrogen-bond acceptors (Lipinski definition) is 2. The van der Waals surface area contributed by atoms with Gasteiger partial charge in [-0.05, 0) is 5.56 Å². The van der Waals surface area contributed by atoms with Gasteiger partial charge in [-0.25, -0.2) is 0 Å². The second-order valence-electron chi connectivity index (χ2n) is 3.55. The second-order valence-corrected chi connectivity index (χ2v) is 4.98. The Kier molecular flexibility index (Phi) is 6.21. The van der Waals surface area contributed by atoms with Crippen molar-refractivity contribution in [1.29, 1.82) is 0 Å². The topological polar surface area (TPSA) is 12.0 Å². The van der Waals surface area contributed by atoms with E-state index in [9.17, 15) is 0 Å². The molecule has 1 N–H and O–H groups in total. The third-order valence-electron chi connectivity index (χ3n) is 2.10.